The highest BCUT2D eigenvalue weighted by Gasteiger charge is 2.21. The number of methoxy groups -OCH3 is 1. The molecule has 0 aliphatic heterocycles. The second kappa shape index (κ2) is 5.05. The zero-order chi connectivity index (χ0) is 12.4. The number of nitrogens with zero attached hydrogens (tertiary/aromatic N) is 2. The third kappa shape index (κ3) is 2.30. The van der Waals surface area contributed by atoms with Crippen LogP contribution in [-0.2, 0) is 7.05 Å². The molecule has 0 saturated carbocycles. The van der Waals surface area contributed by atoms with E-state index in [4.69, 9.17) is 22.2 Å². The number of nitrogens with one attached hydrogen (secondary N) is 1. The van der Waals surface area contributed by atoms with Gasteiger partial charge in [-0.2, -0.15) is 5.10 Å². The summed E-state index contributed by atoms with van der Waals surface area (Å²) in [5.74, 6) is 6.41. The number of aromatic nitrogens is 2. The van der Waals surface area contributed by atoms with Crippen molar-refractivity contribution in [3.8, 4) is 5.75 Å². The van der Waals surface area contributed by atoms with Gasteiger partial charge in [-0.05, 0) is 6.07 Å². The molecule has 0 fully saturated rings. The summed E-state index contributed by atoms with van der Waals surface area (Å²) in [4.78, 5) is 1.02. The molecule has 7 heteroatoms. The molecule has 2 rings (SSSR count). The maximum absolute atomic E-state index is 6.10. The fourth-order valence-electron chi connectivity index (χ4n) is 1.63. The molecule has 2 heterocycles. The summed E-state index contributed by atoms with van der Waals surface area (Å²) in [5.41, 5.74) is 3.58. The average Bonchev–Trinajstić information content (AvgIpc) is 2.91. The monoisotopic (exact) mass is 272 g/mol. The lowest BCUT2D eigenvalue weighted by Gasteiger charge is -2.15. The predicted octanol–water partition coefficient (Wildman–Crippen LogP) is 1.70. The quantitative estimate of drug-likeness (QED) is 0.657. The van der Waals surface area contributed by atoms with Crippen LogP contribution in [0.5, 0.6) is 5.75 Å². The lowest BCUT2D eigenvalue weighted by Crippen LogP contribution is -2.30. The van der Waals surface area contributed by atoms with Crippen molar-refractivity contribution in [3.05, 3.63) is 33.2 Å². The first kappa shape index (κ1) is 12.4. The highest BCUT2D eigenvalue weighted by Crippen LogP contribution is 2.33. The Morgan fingerprint density at radius 1 is 1.65 bits per heavy atom. The lowest BCUT2D eigenvalue weighted by atomic mass is 10.2. The molecule has 1 unspecified atom stereocenters. The van der Waals surface area contributed by atoms with Gasteiger partial charge in [-0.3, -0.25) is 10.5 Å². The number of hydrazine groups is 1. The van der Waals surface area contributed by atoms with Crippen LogP contribution in [0.4, 0.5) is 0 Å². The van der Waals surface area contributed by atoms with Crippen molar-refractivity contribution in [3.63, 3.8) is 0 Å². The Labute approximate surface area is 108 Å². The Morgan fingerprint density at radius 2 is 2.41 bits per heavy atom. The lowest BCUT2D eigenvalue weighted by molar-refractivity contribution is 0.416. The number of hydrogen-bond acceptors (Lipinski definition) is 5. The number of halogens is 1. The van der Waals surface area contributed by atoms with Gasteiger partial charge in [0.05, 0.1) is 30.1 Å². The van der Waals surface area contributed by atoms with Gasteiger partial charge >= 0.3 is 0 Å². The molecule has 3 N–H and O–H groups in total. The molecule has 0 radical (unpaired) electrons. The summed E-state index contributed by atoms with van der Waals surface area (Å²) in [5, 5.41) is 6.61. The largest absolute Gasteiger partial charge is 0.496 e. The van der Waals surface area contributed by atoms with E-state index in [0.29, 0.717) is 5.02 Å². The minimum atomic E-state index is -0.191. The minimum absolute atomic E-state index is 0.191. The highest BCUT2D eigenvalue weighted by atomic mass is 35.5. The topological polar surface area (TPSA) is 65.1 Å². The van der Waals surface area contributed by atoms with Crippen LogP contribution in [0.25, 0.3) is 0 Å². The molecule has 2 aromatic heterocycles. The van der Waals surface area contributed by atoms with E-state index in [2.05, 4.69) is 10.5 Å². The first-order valence-corrected chi connectivity index (χ1v) is 6.19. The number of aryl methyl sites for hydroxylation is 1. The van der Waals surface area contributed by atoms with Crippen molar-refractivity contribution in [2.24, 2.45) is 12.9 Å². The van der Waals surface area contributed by atoms with Crippen LogP contribution in [0.2, 0.25) is 5.02 Å². The van der Waals surface area contributed by atoms with Crippen LogP contribution in [0.1, 0.15) is 16.6 Å². The Bertz CT molecular complexity index is 491. The zero-order valence-corrected chi connectivity index (χ0v) is 11.0. The van der Waals surface area contributed by atoms with E-state index in [1.165, 1.54) is 0 Å². The minimum Gasteiger partial charge on any atom is -0.496 e. The van der Waals surface area contributed by atoms with Crippen LogP contribution >= 0.6 is 22.9 Å². The number of hydrogen-bond donors (Lipinski definition) is 2. The zero-order valence-electron chi connectivity index (χ0n) is 9.48. The van der Waals surface area contributed by atoms with E-state index in [9.17, 15) is 0 Å². The van der Waals surface area contributed by atoms with Gasteiger partial charge in [-0.15, -0.1) is 11.3 Å². The predicted molar refractivity (Wildman–Crippen MR) is 68.3 cm³/mol. The number of ether oxygens (including phenoxy) is 1. The fourth-order valence-corrected chi connectivity index (χ4v) is 2.83. The number of thiophene rings is 1. The van der Waals surface area contributed by atoms with E-state index < -0.39 is 0 Å². The molecule has 17 heavy (non-hydrogen) atoms. The summed E-state index contributed by atoms with van der Waals surface area (Å²) in [6.45, 7) is 0. The molecule has 0 saturated heterocycles. The summed E-state index contributed by atoms with van der Waals surface area (Å²) >= 11 is 7.66. The normalized spacial score (nSPS) is 12.7. The van der Waals surface area contributed by atoms with Gasteiger partial charge in [-0.25, -0.2) is 5.43 Å². The molecule has 0 aromatic carbocycles. The van der Waals surface area contributed by atoms with Crippen molar-refractivity contribution >= 4 is 22.9 Å². The van der Waals surface area contributed by atoms with Gasteiger partial charge in [0, 0.05) is 17.3 Å². The molecular weight excluding hydrogens is 260 g/mol. The van der Waals surface area contributed by atoms with E-state index in [-0.39, 0.29) is 6.04 Å². The standard InChI is InChI=1S/C10H13ClN4OS/c1-15-10(7(11)4-13-15)9(14-12)8-3-6(16-2)5-17-8/h3-5,9,14H,12H2,1-2H3. The maximum Gasteiger partial charge on any atom is 0.129 e. The summed E-state index contributed by atoms with van der Waals surface area (Å²) in [7, 11) is 3.46. The first-order valence-electron chi connectivity index (χ1n) is 4.93. The summed E-state index contributed by atoms with van der Waals surface area (Å²) < 4.78 is 6.86. The second-order valence-corrected chi connectivity index (χ2v) is 4.84. The fraction of sp³-hybridized carbons (Fsp3) is 0.300. The molecule has 92 valence electrons. The highest BCUT2D eigenvalue weighted by molar-refractivity contribution is 7.10. The van der Waals surface area contributed by atoms with Crippen molar-refractivity contribution in [1.29, 1.82) is 0 Å². The molecule has 1 atom stereocenters. The van der Waals surface area contributed by atoms with E-state index in [0.717, 1.165) is 16.3 Å². The molecule has 0 aliphatic carbocycles. The van der Waals surface area contributed by atoms with E-state index in [1.807, 2.05) is 18.5 Å². The number of rotatable bonds is 4. The molecule has 0 spiro atoms. The van der Waals surface area contributed by atoms with Gasteiger partial charge in [0.25, 0.3) is 0 Å². The Balaban J connectivity index is 2.40. The molecule has 0 bridgehead atoms. The SMILES string of the molecule is COc1csc(C(NN)c2c(Cl)cnn2C)c1. The van der Waals surface area contributed by atoms with Crippen LogP contribution < -0.4 is 16.0 Å². The number of nitrogens with two attached hydrogens (primary N) is 1. The Morgan fingerprint density at radius 3 is 2.88 bits per heavy atom. The van der Waals surface area contributed by atoms with Crippen molar-refractivity contribution < 1.29 is 4.74 Å². The molecule has 2 aromatic rings. The average molecular weight is 273 g/mol. The van der Waals surface area contributed by atoms with Gasteiger partial charge < -0.3 is 4.74 Å². The van der Waals surface area contributed by atoms with Crippen molar-refractivity contribution in [1.82, 2.24) is 15.2 Å². The van der Waals surface area contributed by atoms with E-state index in [1.54, 1.807) is 29.3 Å². The van der Waals surface area contributed by atoms with E-state index >= 15 is 0 Å². The molecule has 0 amide bonds. The Hall–Kier alpha value is -1.08. The smallest absolute Gasteiger partial charge is 0.129 e. The van der Waals surface area contributed by atoms with Crippen LogP contribution in [0.15, 0.2) is 17.6 Å². The summed E-state index contributed by atoms with van der Waals surface area (Å²) in [6, 6.07) is 1.74. The van der Waals surface area contributed by atoms with Crippen molar-refractivity contribution in [2.75, 3.05) is 7.11 Å². The van der Waals surface area contributed by atoms with Gasteiger partial charge in [0.15, 0.2) is 0 Å². The molecular formula is C10H13ClN4OS. The third-order valence-electron chi connectivity index (χ3n) is 2.49. The maximum atomic E-state index is 6.10. The van der Waals surface area contributed by atoms with Gasteiger partial charge in [0.2, 0.25) is 0 Å². The third-order valence-corrected chi connectivity index (χ3v) is 3.76. The Kier molecular flexibility index (Phi) is 3.68. The first-order chi connectivity index (χ1) is 8.17. The van der Waals surface area contributed by atoms with Gasteiger partial charge in [0.1, 0.15) is 5.75 Å². The molecule has 0 aliphatic rings. The van der Waals surface area contributed by atoms with Crippen LogP contribution in [-0.4, -0.2) is 16.9 Å². The molecule has 5 nitrogen and oxygen atoms in total. The van der Waals surface area contributed by atoms with Gasteiger partial charge in [-0.1, -0.05) is 11.6 Å². The van der Waals surface area contributed by atoms with Crippen LogP contribution in [0, 0.1) is 0 Å². The van der Waals surface area contributed by atoms with Crippen molar-refractivity contribution in [2.45, 2.75) is 6.04 Å². The van der Waals surface area contributed by atoms with Crippen LogP contribution in [0.3, 0.4) is 0 Å². The summed E-state index contributed by atoms with van der Waals surface area (Å²) in [6.07, 6.45) is 1.60. The second-order valence-electron chi connectivity index (χ2n) is 3.49.